The van der Waals surface area contributed by atoms with Gasteiger partial charge in [0.25, 0.3) is 0 Å². The Hall–Kier alpha value is -0.0600. The number of aliphatic hydroxyl groups is 1. The van der Waals surface area contributed by atoms with Gasteiger partial charge in [-0.05, 0) is 19.1 Å². The monoisotopic (exact) mass is 232 g/mol. The van der Waals surface area contributed by atoms with Crippen molar-refractivity contribution in [3.8, 4) is 0 Å². The molecule has 0 bridgehead atoms. The van der Waals surface area contributed by atoms with Crippen LogP contribution in [0.5, 0.6) is 0 Å². The van der Waals surface area contributed by atoms with Crippen molar-refractivity contribution in [2.75, 3.05) is 11.5 Å². The summed E-state index contributed by atoms with van der Waals surface area (Å²) in [6, 6.07) is 0. The van der Waals surface area contributed by atoms with Crippen molar-refractivity contribution in [2.45, 2.75) is 23.5 Å². The third-order valence-corrected chi connectivity index (χ3v) is 6.17. The first-order chi connectivity index (χ1) is 6.67. The molecule has 1 rings (SSSR count). The minimum absolute atomic E-state index is 0.658. The van der Waals surface area contributed by atoms with Crippen molar-refractivity contribution in [3.63, 3.8) is 0 Å². The molecule has 1 heterocycles. The van der Waals surface area contributed by atoms with Gasteiger partial charge in [-0.3, -0.25) is 4.21 Å². The molecule has 3 atom stereocenters. The second kappa shape index (κ2) is 5.14. The first-order valence-corrected chi connectivity index (χ1v) is 6.94. The summed E-state index contributed by atoms with van der Waals surface area (Å²) in [6.07, 6.45) is 5.39. The standard InChI is InChI=1S/C10H16O2S2/c1-3-6-10(9(11)4-2)13-7-5-8-14(10)12/h3-4,6,9,11H,2,5,7-8H2,1H3/b6-3+/t9-,10-,14?/m0/s1. The Labute approximate surface area is 91.9 Å². The van der Waals surface area contributed by atoms with Gasteiger partial charge in [-0.25, -0.2) is 0 Å². The second-order valence-electron chi connectivity index (χ2n) is 3.15. The van der Waals surface area contributed by atoms with Crippen LogP contribution in [0.4, 0.5) is 0 Å². The predicted octanol–water partition coefficient (Wildman–Crippen LogP) is 1.69. The number of allylic oxidation sites excluding steroid dienone is 1. The molecule has 4 heteroatoms. The number of hydrogen-bond acceptors (Lipinski definition) is 3. The maximum Gasteiger partial charge on any atom is 0.138 e. The summed E-state index contributed by atoms with van der Waals surface area (Å²) in [4.78, 5) is 0. The molecular weight excluding hydrogens is 216 g/mol. The molecule has 0 aromatic heterocycles. The molecule has 1 aliphatic heterocycles. The van der Waals surface area contributed by atoms with Crippen LogP contribution in [-0.2, 0) is 10.8 Å². The van der Waals surface area contributed by atoms with Crippen LogP contribution in [0.1, 0.15) is 13.3 Å². The van der Waals surface area contributed by atoms with Crippen LogP contribution in [-0.4, -0.2) is 31.0 Å². The zero-order chi connectivity index (χ0) is 10.6. The summed E-state index contributed by atoms with van der Waals surface area (Å²) < 4.78 is 11.3. The topological polar surface area (TPSA) is 37.3 Å². The van der Waals surface area contributed by atoms with Gasteiger partial charge in [0.15, 0.2) is 0 Å². The fourth-order valence-corrected chi connectivity index (χ4v) is 5.18. The van der Waals surface area contributed by atoms with Gasteiger partial charge in [-0.1, -0.05) is 18.2 Å². The molecule has 2 nitrogen and oxygen atoms in total. The van der Waals surface area contributed by atoms with E-state index < -0.39 is 21.0 Å². The van der Waals surface area contributed by atoms with E-state index in [1.165, 1.54) is 6.08 Å². The highest BCUT2D eigenvalue weighted by molar-refractivity contribution is 8.13. The molecule has 14 heavy (non-hydrogen) atoms. The molecule has 1 saturated heterocycles. The van der Waals surface area contributed by atoms with Crippen LogP contribution in [0.25, 0.3) is 0 Å². The molecule has 0 aliphatic carbocycles. The SMILES string of the molecule is C=C[C@H](O)[C@@]1(/C=C/C)SCCCS1=O. The number of rotatable bonds is 3. The predicted molar refractivity (Wildman–Crippen MR) is 63.8 cm³/mol. The summed E-state index contributed by atoms with van der Waals surface area (Å²) >= 11 is 1.57. The Bertz CT molecular complexity index is 263. The maximum atomic E-state index is 11.9. The zero-order valence-corrected chi connectivity index (χ0v) is 9.94. The highest BCUT2D eigenvalue weighted by atomic mass is 32.2. The van der Waals surface area contributed by atoms with E-state index >= 15 is 0 Å². The van der Waals surface area contributed by atoms with Gasteiger partial charge in [0.2, 0.25) is 0 Å². The largest absolute Gasteiger partial charge is 0.386 e. The van der Waals surface area contributed by atoms with Gasteiger partial charge in [-0.15, -0.1) is 18.3 Å². The molecule has 1 unspecified atom stereocenters. The summed E-state index contributed by atoms with van der Waals surface area (Å²) in [5.41, 5.74) is 0. The van der Waals surface area contributed by atoms with Gasteiger partial charge in [0.1, 0.15) is 10.2 Å². The van der Waals surface area contributed by atoms with Crippen LogP contribution in [0, 0.1) is 0 Å². The summed E-state index contributed by atoms with van der Waals surface area (Å²) in [5, 5.41) is 9.85. The van der Waals surface area contributed by atoms with Crippen molar-refractivity contribution in [2.24, 2.45) is 0 Å². The normalized spacial score (nSPS) is 35.7. The van der Waals surface area contributed by atoms with Crippen molar-refractivity contribution >= 4 is 22.6 Å². The molecule has 80 valence electrons. The van der Waals surface area contributed by atoms with Gasteiger partial charge < -0.3 is 5.11 Å². The van der Waals surface area contributed by atoms with Crippen molar-refractivity contribution in [1.29, 1.82) is 0 Å². The molecular formula is C10H16O2S2. The maximum absolute atomic E-state index is 11.9. The minimum atomic E-state index is -1.01. The number of thioether (sulfide) groups is 1. The zero-order valence-electron chi connectivity index (χ0n) is 8.31. The lowest BCUT2D eigenvalue weighted by molar-refractivity contribution is 0.221. The van der Waals surface area contributed by atoms with Crippen molar-refractivity contribution in [1.82, 2.24) is 0 Å². The molecule has 1 fully saturated rings. The molecule has 0 spiro atoms. The fourth-order valence-electron chi connectivity index (χ4n) is 1.49. The van der Waals surface area contributed by atoms with Crippen LogP contribution in [0.2, 0.25) is 0 Å². The van der Waals surface area contributed by atoms with E-state index in [9.17, 15) is 9.32 Å². The third kappa shape index (κ3) is 2.12. The highest BCUT2D eigenvalue weighted by Crippen LogP contribution is 2.39. The Morgan fingerprint density at radius 1 is 1.71 bits per heavy atom. The van der Waals surface area contributed by atoms with Crippen molar-refractivity contribution < 1.29 is 9.32 Å². The first kappa shape index (κ1) is 12.0. The Kier molecular flexibility index (Phi) is 4.41. The molecule has 0 aromatic carbocycles. The average Bonchev–Trinajstić information content (AvgIpc) is 2.20. The molecule has 1 aliphatic rings. The van der Waals surface area contributed by atoms with E-state index in [1.54, 1.807) is 11.8 Å². The van der Waals surface area contributed by atoms with Gasteiger partial charge >= 0.3 is 0 Å². The highest BCUT2D eigenvalue weighted by Gasteiger charge is 2.42. The third-order valence-electron chi connectivity index (χ3n) is 2.19. The van der Waals surface area contributed by atoms with Gasteiger partial charge in [0, 0.05) is 16.6 Å². The number of aliphatic hydroxyl groups excluding tert-OH is 1. The average molecular weight is 232 g/mol. The Morgan fingerprint density at radius 3 is 2.93 bits per heavy atom. The summed E-state index contributed by atoms with van der Waals surface area (Å²) in [7, 11) is -1.01. The van der Waals surface area contributed by atoms with Crippen LogP contribution in [0.15, 0.2) is 24.8 Å². The van der Waals surface area contributed by atoms with E-state index in [0.717, 1.165) is 12.2 Å². The Morgan fingerprint density at radius 2 is 2.43 bits per heavy atom. The second-order valence-corrected chi connectivity index (χ2v) is 6.56. The number of hydrogen-bond donors (Lipinski definition) is 1. The van der Waals surface area contributed by atoms with Crippen molar-refractivity contribution in [3.05, 3.63) is 24.8 Å². The molecule has 0 saturated carbocycles. The van der Waals surface area contributed by atoms with E-state index in [-0.39, 0.29) is 0 Å². The minimum Gasteiger partial charge on any atom is -0.386 e. The molecule has 0 aromatic rings. The van der Waals surface area contributed by atoms with Crippen LogP contribution >= 0.6 is 11.8 Å². The lowest BCUT2D eigenvalue weighted by Crippen LogP contribution is -2.44. The lowest BCUT2D eigenvalue weighted by Gasteiger charge is -2.35. The van der Waals surface area contributed by atoms with Gasteiger partial charge in [0.05, 0.1) is 0 Å². The Balaban J connectivity index is 3.00. The van der Waals surface area contributed by atoms with E-state index in [1.807, 2.05) is 19.1 Å². The fraction of sp³-hybridized carbons (Fsp3) is 0.600. The smallest absolute Gasteiger partial charge is 0.138 e. The van der Waals surface area contributed by atoms with E-state index in [0.29, 0.717) is 5.75 Å². The summed E-state index contributed by atoms with van der Waals surface area (Å²) in [5.74, 6) is 1.61. The van der Waals surface area contributed by atoms with Crippen LogP contribution < -0.4 is 0 Å². The molecule has 0 radical (unpaired) electrons. The van der Waals surface area contributed by atoms with Crippen LogP contribution in [0.3, 0.4) is 0 Å². The quantitative estimate of drug-likeness (QED) is 0.752. The van der Waals surface area contributed by atoms with E-state index in [4.69, 9.17) is 0 Å². The molecule has 0 amide bonds. The summed E-state index contributed by atoms with van der Waals surface area (Å²) in [6.45, 7) is 5.44. The lowest BCUT2D eigenvalue weighted by atomic mass is 10.2. The van der Waals surface area contributed by atoms with Gasteiger partial charge in [-0.2, -0.15) is 0 Å². The first-order valence-electron chi connectivity index (χ1n) is 4.64. The van der Waals surface area contributed by atoms with E-state index in [2.05, 4.69) is 6.58 Å². The molecule has 1 N–H and O–H groups in total.